The summed E-state index contributed by atoms with van der Waals surface area (Å²) in [7, 11) is 0. The minimum Gasteiger partial charge on any atom is -0.402 e. The number of allylic oxidation sites excluding steroid dienone is 1. The van der Waals surface area contributed by atoms with Gasteiger partial charge in [0, 0.05) is 12.1 Å². The molecule has 78 valence electrons. The summed E-state index contributed by atoms with van der Waals surface area (Å²) < 4.78 is 0. The van der Waals surface area contributed by atoms with E-state index in [4.69, 9.17) is 5.73 Å². The van der Waals surface area contributed by atoms with E-state index in [2.05, 4.69) is 48.5 Å². The molecule has 0 spiro atoms. The van der Waals surface area contributed by atoms with Crippen LogP contribution in [0.2, 0.25) is 0 Å². The smallest absolute Gasteiger partial charge is 0.0131 e. The Balaban J connectivity index is 2.08. The first-order valence-electron chi connectivity index (χ1n) is 5.47. The lowest BCUT2D eigenvalue weighted by Gasteiger charge is -2.04. The van der Waals surface area contributed by atoms with Crippen molar-refractivity contribution >= 4 is 6.08 Å². The fourth-order valence-electron chi connectivity index (χ4n) is 2.17. The quantitative estimate of drug-likeness (QED) is 0.763. The molecule has 1 heteroatoms. The predicted octanol–water partition coefficient (Wildman–Crippen LogP) is 3.21. The minimum absolute atomic E-state index is 0.893. The zero-order valence-electron chi connectivity index (χ0n) is 8.98. The summed E-state index contributed by atoms with van der Waals surface area (Å²) in [6.07, 6.45) is 2.96. The van der Waals surface area contributed by atoms with E-state index < -0.39 is 0 Å². The van der Waals surface area contributed by atoms with Gasteiger partial charge in [0.25, 0.3) is 0 Å². The van der Waals surface area contributed by atoms with Crippen LogP contribution >= 0.6 is 0 Å². The van der Waals surface area contributed by atoms with E-state index in [0.29, 0.717) is 0 Å². The van der Waals surface area contributed by atoms with Gasteiger partial charge in [0.2, 0.25) is 0 Å². The molecule has 16 heavy (non-hydrogen) atoms. The Hall–Kier alpha value is -2.02. The van der Waals surface area contributed by atoms with Crippen molar-refractivity contribution in [1.29, 1.82) is 0 Å². The molecule has 0 aliphatic heterocycles. The van der Waals surface area contributed by atoms with Gasteiger partial charge < -0.3 is 5.73 Å². The Morgan fingerprint density at radius 1 is 0.875 bits per heavy atom. The molecule has 2 aromatic carbocycles. The molecule has 2 N–H and O–H groups in total. The van der Waals surface area contributed by atoms with Crippen LogP contribution in [0.5, 0.6) is 0 Å². The maximum atomic E-state index is 5.83. The summed E-state index contributed by atoms with van der Waals surface area (Å²) in [5, 5.41) is 0. The summed E-state index contributed by atoms with van der Waals surface area (Å²) in [5.41, 5.74) is 11.9. The molecular formula is C15H13N. The molecule has 3 rings (SSSR count). The third-order valence-electron chi connectivity index (χ3n) is 2.99. The Kier molecular flexibility index (Phi) is 2.03. The minimum atomic E-state index is 0.893. The van der Waals surface area contributed by atoms with Gasteiger partial charge >= 0.3 is 0 Å². The molecule has 0 radical (unpaired) electrons. The number of rotatable bonds is 1. The van der Waals surface area contributed by atoms with Crippen molar-refractivity contribution in [2.45, 2.75) is 6.42 Å². The van der Waals surface area contributed by atoms with Crippen molar-refractivity contribution in [3.63, 3.8) is 0 Å². The highest BCUT2D eigenvalue weighted by atomic mass is 14.6. The lowest BCUT2D eigenvalue weighted by atomic mass is 10.0. The van der Waals surface area contributed by atoms with Gasteiger partial charge in [-0.15, -0.1) is 0 Å². The van der Waals surface area contributed by atoms with Crippen molar-refractivity contribution in [1.82, 2.24) is 0 Å². The van der Waals surface area contributed by atoms with Crippen LogP contribution in [0.3, 0.4) is 0 Å². The van der Waals surface area contributed by atoms with Crippen LogP contribution in [0.4, 0.5) is 0 Å². The Bertz CT molecular complexity index is 553. The van der Waals surface area contributed by atoms with Gasteiger partial charge in [-0.1, -0.05) is 42.5 Å². The highest BCUT2D eigenvalue weighted by Crippen LogP contribution is 2.28. The summed E-state index contributed by atoms with van der Waals surface area (Å²) in [6, 6.07) is 17.0. The molecule has 0 atom stereocenters. The zero-order chi connectivity index (χ0) is 11.0. The monoisotopic (exact) mass is 207 g/mol. The van der Waals surface area contributed by atoms with Gasteiger partial charge in [-0.25, -0.2) is 0 Å². The molecule has 1 aliphatic carbocycles. The van der Waals surface area contributed by atoms with Crippen molar-refractivity contribution in [3.8, 4) is 11.1 Å². The van der Waals surface area contributed by atoms with E-state index >= 15 is 0 Å². The average molecular weight is 207 g/mol. The molecule has 0 unspecified atom stereocenters. The van der Waals surface area contributed by atoms with Crippen LogP contribution in [0.1, 0.15) is 11.1 Å². The largest absolute Gasteiger partial charge is 0.402 e. The molecule has 0 heterocycles. The van der Waals surface area contributed by atoms with Crippen molar-refractivity contribution < 1.29 is 0 Å². The van der Waals surface area contributed by atoms with E-state index in [1.165, 1.54) is 22.3 Å². The molecule has 0 saturated heterocycles. The first-order valence-corrected chi connectivity index (χ1v) is 5.47. The second kappa shape index (κ2) is 3.53. The zero-order valence-corrected chi connectivity index (χ0v) is 8.98. The fourth-order valence-corrected chi connectivity index (χ4v) is 2.17. The third kappa shape index (κ3) is 1.50. The Labute approximate surface area is 95.2 Å². The molecule has 1 nitrogen and oxygen atoms in total. The number of benzene rings is 2. The SMILES string of the molecule is NC1=Cc2cc(-c3ccccc3)ccc2C1. The van der Waals surface area contributed by atoms with Crippen LogP contribution < -0.4 is 5.73 Å². The van der Waals surface area contributed by atoms with Crippen LogP contribution in [-0.2, 0) is 6.42 Å². The van der Waals surface area contributed by atoms with E-state index in [0.717, 1.165) is 12.1 Å². The van der Waals surface area contributed by atoms with Gasteiger partial charge in [0.15, 0.2) is 0 Å². The molecule has 0 aromatic heterocycles. The molecule has 0 amide bonds. The number of nitrogens with two attached hydrogens (primary N) is 1. The van der Waals surface area contributed by atoms with Gasteiger partial charge in [0.05, 0.1) is 0 Å². The van der Waals surface area contributed by atoms with Crippen molar-refractivity contribution in [2.24, 2.45) is 5.73 Å². The maximum Gasteiger partial charge on any atom is 0.0131 e. The van der Waals surface area contributed by atoms with Crippen molar-refractivity contribution in [3.05, 3.63) is 65.4 Å². The molecule has 2 aromatic rings. The van der Waals surface area contributed by atoms with E-state index in [9.17, 15) is 0 Å². The lowest BCUT2D eigenvalue weighted by molar-refractivity contribution is 1.16. The first kappa shape index (κ1) is 9.22. The number of hydrogen-bond donors (Lipinski definition) is 1. The normalized spacial score (nSPS) is 13.4. The second-order valence-electron chi connectivity index (χ2n) is 4.18. The summed E-state index contributed by atoms with van der Waals surface area (Å²) in [4.78, 5) is 0. The molecule has 0 fully saturated rings. The van der Waals surface area contributed by atoms with Gasteiger partial charge in [-0.2, -0.15) is 0 Å². The Morgan fingerprint density at radius 3 is 2.50 bits per heavy atom. The first-order chi connectivity index (χ1) is 7.83. The average Bonchev–Trinajstić information content (AvgIpc) is 2.69. The fraction of sp³-hybridized carbons (Fsp3) is 0.0667. The third-order valence-corrected chi connectivity index (χ3v) is 2.99. The Morgan fingerprint density at radius 2 is 1.69 bits per heavy atom. The van der Waals surface area contributed by atoms with E-state index in [-0.39, 0.29) is 0 Å². The molecule has 0 saturated carbocycles. The van der Waals surface area contributed by atoms with Crippen LogP contribution in [0.25, 0.3) is 17.2 Å². The van der Waals surface area contributed by atoms with Gasteiger partial charge in [-0.3, -0.25) is 0 Å². The van der Waals surface area contributed by atoms with Crippen molar-refractivity contribution in [2.75, 3.05) is 0 Å². The highest BCUT2D eigenvalue weighted by molar-refractivity contribution is 5.72. The summed E-state index contributed by atoms with van der Waals surface area (Å²) in [6.45, 7) is 0. The lowest BCUT2D eigenvalue weighted by Crippen LogP contribution is -1.94. The van der Waals surface area contributed by atoms with Gasteiger partial charge in [0.1, 0.15) is 0 Å². The van der Waals surface area contributed by atoms with E-state index in [1.807, 2.05) is 6.07 Å². The van der Waals surface area contributed by atoms with Crippen LogP contribution in [0.15, 0.2) is 54.2 Å². The molecule has 0 bridgehead atoms. The number of hydrogen-bond acceptors (Lipinski definition) is 1. The van der Waals surface area contributed by atoms with Gasteiger partial charge in [-0.05, 0) is 34.4 Å². The second-order valence-corrected chi connectivity index (χ2v) is 4.18. The predicted molar refractivity (Wildman–Crippen MR) is 67.7 cm³/mol. The molecule has 1 aliphatic rings. The maximum absolute atomic E-state index is 5.83. The standard InChI is InChI=1S/C15H13N/c16-15-9-13-7-6-12(8-14(13)10-15)11-4-2-1-3-5-11/h1-8,10H,9,16H2. The van der Waals surface area contributed by atoms with Crippen LogP contribution in [0, 0.1) is 0 Å². The highest BCUT2D eigenvalue weighted by Gasteiger charge is 2.10. The van der Waals surface area contributed by atoms with Crippen LogP contribution in [-0.4, -0.2) is 0 Å². The topological polar surface area (TPSA) is 26.0 Å². The summed E-state index contributed by atoms with van der Waals surface area (Å²) >= 11 is 0. The molecular weight excluding hydrogens is 194 g/mol. The van der Waals surface area contributed by atoms with E-state index in [1.54, 1.807) is 0 Å². The number of fused-ring (bicyclic) bond motifs is 1. The summed E-state index contributed by atoms with van der Waals surface area (Å²) in [5.74, 6) is 0.